The van der Waals surface area contributed by atoms with Crippen molar-refractivity contribution in [3.8, 4) is 0 Å². The number of hydrogen-bond donors (Lipinski definition) is 1. The number of rotatable bonds is 8. The van der Waals surface area contributed by atoms with Crippen LogP contribution in [0.25, 0.3) is 5.52 Å². The zero-order valence-corrected chi connectivity index (χ0v) is 11.7. The van der Waals surface area contributed by atoms with Crippen molar-refractivity contribution >= 4 is 11.3 Å². The highest BCUT2D eigenvalue weighted by Crippen LogP contribution is 2.14. The lowest BCUT2D eigenvalue weighted by Crippen LogP contribution is -2.08. The van der Waals surface area contributed by atoms with Crippen molar-refractivity contribution in [1.29, 1.82) is 0 Å². The average molecular weight is 262 g/mol. The summed E-state index contributed by atoms with van der Waals surface area (Å²) >= 11 is 0. The predicted octanol–water partition coefficient (Wildman–Crippen LogP) is 2.66. The molecule has 0 spiro atoms. The van der Waals surface area contributed by atoms with Gasteiger partial charge in [0.15, 0.2) is 5.82 Å². The van der Waals surface area contributed by atoms with Crippen molar-refractivity contribution in [2.75, 3.05) is 25.1 Å². The fourth-order valence-corrected chi connectivity index (χ4v) is 1.91. The van der Waals surface area contributed by atoms with Crippen LogP contribution < -0.4 is 5.32 Å². The van der Waals surface area contributed by atoms with Crippen LogP contribution in [-0.2, 0) is 4.74 Å². The molecule has 0 saturated carbocycles. The van der Waals surface area contributed by atoms with E-state index in [2.05, 4.69) is 22.3 Å². The van der Waals surface area contributed by atoms with Gasteiger partial charge in [-0.1, -0.05) is 13.3 Å². The maximum absolute atomic E-state index is 5.53. The first-order valence-electron chi connectivity index (χ1n) is 6.94. The summed E-state index contributed by atoms with van der Waals surface area (Å²) in [4.78, 5) is 4.35. The number of aromatic nitrogens is 3. The first-order chi connectivity index (χ1) is 9.31. The van der Waals surface area contributed by atoms with E-state index in [1.807, 2.05) is 23.7 Å². The summed E-state index contributed by atoms with van der Waals surface area (Å²) in [5, 5.41) is 7.70. The summed E-state index contributed by atoms with van der Waals surface area (Å²) in [6, 6.07) is 2.03. The zero-order chi connectivity index (χ0) is 13.5. The number of fused-ring (bicyclic) bond motifs is 1. The van der Waals surface area contributed by atoms with Crippen LogP contribution in [0.4, 0.5) is 5.82 Å². The molecule has 2 heterocycles. The van der Waals surface area contributed by atoms with Crippen LogP contribution in [0.3, 0.4) is 0 Å². The zero-order valence-electron chi connectivity index (χ0n) is 11.7. The van der Waals surface area contributed by atoms with Gasteiger partial charge in [-0.3, -0.25) is 0 Å². The highest BCUT2D eigenvalue weighted by Gasteiger charge is 2.04. The summed E-state index contributed by atoms with van der Waals surface area (Å²) in [5.41, 5.74) is 2.02. The smallest absolute Gasteiger partial charge is 0.152 e. The van der Waals surface area contributed by atoms with E-state index in [1.165, 1.54) is 6.42 Å². The Labute approximate surface area is 114 Å². The fourth-order valence-electron chi connectivity index (χ4n) is 1.91. The molecule has 19 heavy (non-hydrogen) atoms. The minimum Gasteiger partial charge on any atom is -0.381 e. The van der Waals surface area contributed by atoms with Gasteiger partial charge in [-0.2, -0.15) is 5.10 Å². The minimum absolute atomic E-state index is 0.800. The molecule has 5 nitrogen and oxygen atoms in total. The quantitative estimate of drug-likeness (QED) is 0.743. The van der Waals surface area contributed by atoms with E-state index in [0.29, 0.717) is 0 Å². The van der Waals surface area contributed by atoms with Gasteiger partial charge in [0.05, 0.1) is 5.69 Å². The molecule has 0 fully saturated rings. The Kier molecular flexibility index (Phi) is 5.15. The summed E-state index contributed by atoms with van der Waals surface area (Å²) < 4.78 is 7.38. The highest BCUT2D eigenvalue weighted by atomic mass is 16.5. The van der Waals surface area contributed by atoms with Gasteiger partial charge in [-0.05, 0) is 25.8 Å². The molecule has 0 unspecified atom stereocenters. The Morgan fingerprint density at radius 2 is 2.16 bits per heavy atom. The van der Waals surface area contributed by atoms with Gasteiger partial charge in [0.1, 0.15) is 5.52 Å². The van der Waals surface area contributed by atoms with Crippen molar-refractivity contribution in [2.24, 2.45) is 0 Å². The minimum atomic E-state index is 0.800. The number of anilines is 1. The maximum atomic E-state index is 5.53. The van der Waals surface area contributed by atoms with Crippen LogP contribution in [0.1, 0.15) is 31.9 Å². The molecule has 0 aliphatic carbocycles. The second kappa shape index (κ2) is 7.09. The Morgan fingerprint density at radius 1 is 1.32 bits per heavy atom. The second-order valence-electron chi connectivity index (χ2n) is 4.64. The molecule has 2 aromatic heterocycles. The van der Waals surface area contributed by atoms with Crippen LogP contribution in [0.2, 0.25) is 0 Å². The van der Waals surface area contributed by atoms with E-state index >= 15 is 0 Å². The first-order valence-corrected chi connectivity index (χ1v) is 6.94. The molecule has 0 aliphatic heterocycles. The van der Waals surface area contributed by atoms with E-state index in [0.717, 1.165) is 49.6 Å². The molecule has 104 valence electrons. The summed E-state index contributed by atoms with van der Waals surface area (Å²) in [6.07, 6.45) is 6.94. The highest BCUT2D eigenvalue weighted by molar-refractivity contribution is 5.67. The molecule has 5 heteroatoms. The Bertz CT molecular complexity index is 509. The van der Waals surface area contributed by atoms with Gasteiger partial charge >= 0.3 is 0 Å². The van der Waals surface area contributed by atoms with Gasteiger partial charge < -0.3 is 10.1 Å². The molecule has 0 aliphatic rings. The van der Waals surface area contributed by atoms with E-state index in [9.17, 15) is 0 Å². The molecule has 2 rings (SSSR count). The molecule has 0 amide bonds. The second-order valence-corrected chi connectivity index (χ2v) is 4.64. The Morgan fingerprint density at radius 3 is 3.00 bits per heavy atom. The third-order valence-electron chi connectivity index (χ3n) is 2.91. The summed E-state index contributed by atoms with van der Waals surface area (Å²) in [6.45, 7) is 6.69. The topological polar surface area (TPSA) is 51.5 Å². The monoisotopic (exact) mass is 262 g/mol. The number of ether oxygens (including phenoxy) is 1. The van der Waals surface area contributed by atoms with Crippen LogP contribution >= 0.6 is 0 Å². The standard InChI is InChI=1S/C14H22N4O/c1-3-4-9-19-10-5-6-15-14-13-11-12(2)17-18(13)8-7-16-14/h7-8,11H,3-6,9-10H2,1-2H3,(H,15,16). The van der Waals surface area contributed by atoms with Gasteiger partial charge in [0.2, 0.25) is 0 Å². The number of nitrogens with zero attached hydrogens (tertiary/aromatic N) is 3. The molecule has 0 aromatic carbocycles. The van der Waals surface area contributed by atoms with Crippen molar-refractivity contribution in [3.05, 3.63) is 24.2 Å². The summed E-state index contributed by atoms with van der Waals surface area (Å²) in [5.74, 6) is 0.886. The average Bonchev–Trinajstić information content (AvgIpc) is 2.78. The predicted molar refractivity (Wildman–Crippen MR) is 76.6 cm³/mol. The van der Waals surface area contributed by atoms with Crippen LogP contribution in [-0.4, -0.2) is 34.4 Å². The van der Waals surface area contributed by atoms with Crippen LogP contribution in [0.5, 0.6) is 0 Å². The number of aryl methyl sites for hydroxylation is 1. The van der Waals surface area contributed by atoms with E-state index in [-0.39, 0.29) is 0 Å². The maximum Gasteiger partial charge on any atom is 0.152 e. The molecule has 1 N–H and O–H groups in total. The largest absolute Gasteiger partial charge is 0.381 e. The Hall–Kier alpha value is -1.62. The molecule has 0 bridgehead atoms. The van der Waals surface area contributed by atoms with Gasteiger partial charge in [0.25, 0.3) is 0 Å². The van der Waals surface area contributed by atoms with Crippen LogP contribution in [0.15, 0.2) is 18.5 Å². The molecular formula is C14H22N4O. The molecule has 0 saturated heterocycles. The van der Waals surface area contributed by atoms with Crippen LogP contribution in [0, 0.1) is 6.92 Å². The van der Waals surface area contributed by atoms with Gasteiger partial charge in [-0.25, -0.2) is 9.50 Å². The third kappa shape index (κ3) is 3.92. The molecular weight excluding hydrogens is 240 g/mol. The number of nitrogens with one attached hydrogen (secondary N) is 1. The summed E-state index contributed by atoms with van der Waals surface area (Å²) in [7, 11) is 0. The van der Waals surface area contributed by atoms with E-state index < -0.39 is 0 Å². The molecule has 0 atom stereocenters. The number of unbranched alkanes of at least 4 members (excludes halogenated alkanes) is 1. The molecule has 2 aromatic rings. The van der Waals surface area contributed by atoms with Crippen molar-refractivity contribution in [2.45, 2.75) is 33.1 Å². The SMILES string of the molecule is CCCCOCCCNc1nccn2nc(C)cc12. The lowest BCUT2D eigenvalue weighted by Gasteiger charge is -2.07. The van der Waals surface area contributed by atoms with E-state index in [1.54, 1.807) is 6.20 Å². The van der Waals surface area contributed by atoms with E-state index in [4.69, 9.17) is 4.74 Å². The van der Waals surface area contributed by atoms with Crippen molar-refractivity contribution in [3.63, 3.8) is 0 Å². The van der Waals surface area contributed by atoms with Crippen molar-refractivity contribution in [1.82, 2.24) is 14.6 Å². The van der Waals surface area contributed by atoms with Crippen molar-refractivity contribution < 1.29 is 4.74 Å². The fraction of sp³-hybridized carbons (Fsp3) is 0.571. The van der Waals surface area contributed by atoms with Gasteiger partial charge in [-0.15, -0.1) is 0 Å². The molecule has 0 radical (unpaired) electrons. The first kappa shape index (κ1) is 13.8. The number of hydrogen-bond acceptors (Lipinski definition) is 4. The Balaban J connectivity index is 1.78. The van der Waals surface area contributed by atoms with Gasteiger partial charge in [0, 0.05) is 32.2 Å². The normalized spacial score (nSPS) is 11.1. The lowest BCUT2D eigenvalue weighted by atomic mass is 10.3. The third-order valence-corrected chi connectivity index (χ3v) is 2.91. The lowest BCUT2D eigenvalue weighted by molar-refractivity contribution is 0.131.